The molecule has 0 radical (unpaired) electrons. The van der Waals surface area contributed by atoms with E-state index in [1.165, 1.54) is 12.8 Å². The largest absolute Gasteiger partial charge is 0.216 e. The molecule has 0 spiro atoms. The molecule has 0 atom stereocenters. The highest BCUT2D eigenvalue weighted by atomic mass is 35.5. The minimum Gasteiger partial charge on any atom is -0.216 e. The summed E-state index contributed by atoms with van der Waals surface area (Å²) in [6.45, 7) is 2.06. The van der Waals surface area contributed by atoms with E-state index in [4.69, 9.17) is 23.2 Å². The zero-order chi connectivity index (χ0) is 12.7. The first-order chi connectivity index (χ1) is 8.70. The fourth-order valence-electron chi connectivity index (χ4n) is 2.73. The van der Waals surface area contributed by atoms with Gasteiger partial charge >= 0.3 is 0 Å². The zero-order valence-electron chi connectivity index (χ0n) is 10.3. The minimum absolute atomic E-state index is 0.441. The van der Waals surface area contributed by atoms with E-state index in [1.54, 1.807) is 4.52 Å². The number of nitrogens with zero attached hydrogens (tertiary/aromatic N) is 3. The van der Waals surface area contributed by atoms with Gasteiger partial charge in [0.05, 0.1) is 5.69 Å². The van der Waals surface area contributed by atoms with Gasteiger partial charge < -0.3 is 0 Å². The van der Waals surface area contributed by atoms with Crippen molar-refractivity contribution in [2.75, 3.05) is 0 Å². The summed E-state index contributed by atoms with van der Waals surface area (Å²) in [5, 5.41) is 5.65. The average Bonchev–Trinajstić information content (AvgIpc) is 2.97. The highest BCUT2D eigenvalue weighted by Gasteiger charge is 2.25. The Labute approximate surface area is 116 Å². The minimum atomic E-state index is 0.441. The van der Waals surface area contributed by atoms with Gasteiger partial charge in [-0.15, -0.1) is 0 Å². The van der Waals surface area contributed by atoms with Crippen molar-refractivity contribution in [3.8, 4) is 0 Å². The maximum atomic E-state index is 6.47. The third kappa shape index (κ3) is 1.90. The number of rotatable bonds is 2. The van der Waals surface area contributed by atoms with Crippen LogP contribution < -0.4 is 0 Å². The van der Waals surface area contributed by atoms with E-state index in [0.717, 1.165) is 36.2 Å². The Bertz CT molecular complexity index is 585. The normalized spacial score (nSPS) is 16.8. The molecule has 0 N–H and O–H groups in total. The van der Waals surface area contributed by atoms with Crippen LogP contribution in [0.15, 0.2) is 6.07 Å². The van der Waals surface area contributed by atoms with Gasteiger partial charge in [-0.1, -0.05) is 43.0 Å². The molecule has 2 aromatic rings. The Morgan fingerprint density at radius 3 is 2.72 bits per heavy atom. The average molecular weight is 284 g/mol. The third-order valence-corrected chi connectivity index (χ3v) is 4.36. The molecule has 1 saturated carbocycles. The first kappa shape index (κ1) is 12.2. The van der Waals surface area contributed by atoms with Gasteiger partial charge in [0.25, 0.3) is 0 Å². The van der Waals surface area contributed by atoms with Gasteiger partial charge in [0, 0.05) is 11.6 Å². The Kier molecular flexibility index (Phi) is 3.20. The number of hydrogen-bond acceptors (Lipinski definition) is 2. The Balaban J connectivity index is 2.18. The van der Waals surface area contributed by atoms with E-state index in [0.29, 0.717) is 16.2 Å². The van der Waals surface area contributed by atoms with Gasteiger partial charge in [0.2, 0.25) is 0 Å². The van der Waals surface area contributed by atoms with Crippen LogP contribution in [0.4, 0.5) is 0 Å². The maximum absolute atomic E-state index is 6.47. The molecule has 0 bridgehead atoms. The molecule has 1 fully saturated rings. The number of aromatic nitrogens is 3. The molecule has 1 aliphatic rings. The lowest BCUT2D eigenvalue weighted by Crippen LogP contribution is -2.03. The van der Waals surface area contributed by atoms with Gasteiger partial charge in [-0.05, 0) is 25.2 Å². The molecule has 18 heavy (non-hydrogen) atoms. The summed E-state index contributed by atoms with van der Waals surface area (Å²) in [5.74, 6) is 0.441. The zero-order valence-corrected chi connectivity index (χ0v) is 11.8. The summed E-state index contributed by atoms with van der Waals surface area (Å²) >= 11 is 12.8. The van der Waals surface area contributed by atoms with Crippen LogP contribution >= 0.6 is 23.2 Å². The Morgan fingerprint density at radius 1 is 1.33 bits per heavy atom. The van der Waals surface area contributed by atoms with Crippen molar-refractivity contribution in [2.45, 2.75) is 44.9 Å². The molecule has 3 rings (SSSR count). The molecule has 96 valence electrons. The Hall–Kier alpha value is -0.800. The highest BCUT2D eigenvalue weighted by molar-refractivity contribution is 6.35. The van der Waals surface area contributed by atoms with Crippen molar-refractivity contribution in [1.82, 2.24) is 14.6 Å². The van der Waals surface area contributed by atoms with Crippen LogP contribution in [0.25, 0.3) is 5.65 Å². The van der Waals surface area contributed by atoms with Gasteiger partial charge in [0.1, 0.15) is 10.3 Å². The predicted octanol–water partition coefficient (Wildman–Crippen LogP) is 4.26. The maximum Gasteiger partial charge on any atom is 0.158 e. The summed E-state index contributed by atoms with van der Waals surface area (Å²) < 4.78 is 1.72. The standard InChI is InChI=1S/C13H15Cl2N3/c1-2-9-7-10-16-12(14)11(8-5-3-4-6-8)13(15)18(10)17-9/h7-8H,2-6H2,1H3. The summed E-state index contributed by atoms with van der Waals surface area (Å²) in [7, 11) is 0. The molecular weight excluding hydrogens is 269 g/mol. The first-order valence-electron chi connectivity index (χ1n) is 6.44. The second-order valence-electron chi connectivity index (χ2n) is 4.85. The van der Waals surface area contributed by atoms with Crippen LogP contribution in [0.2, 0.25) is 10.3 Å². The van der Waals surface area contributed by atoms with Crippen molar-refractivity contribution >= 4 is 28.8 Å². The number of fused-ring (bicyclic) bond motifs is 1. The van der Waals surface area contributed by atoms with Gasteiger partial charge in [-0.25, -0.2) is 9.50 Å². The fraction of sp³-hybridized carbons (Fsp3) is 0.538. The summed E-state index contributed by atoms with van der Waals surface area (Å²) in [6.07, 6.45) is 5.66. The molecule has 0 saturated heterocycles. The van der Waals surface area contributed by atoms with Crippen molar-refractivity contribution in [1.29, 1.82) is 0 Å². The van der Waals surface area contributed by atoms with E-state index >= 15 is 0 Å². The monoisotopic (exact) mass is 283 g/mol. The Morgan fingerprint density at radius 2 is 2.06 bits per heavy atom. The van der Waals surface area contributed by atoms with E-state index in [-0.39, 0.29) is 0 Å². The number of halogens is 2. The smallest absolute Gasteiger partial charge is 0.158 e. The molecule has 0 aliphatic heterocycles. The second kappa shape index (κ2) is 4.71. The van der Waals surface area contributed by atoms with E-state index in [9.17, 15) is 0 Å². The molecule has 5 heteroatoms. The van der Waals surface area contributed by atoms with Crippen molar-refractivity contribution in [3.63, 3.8) is 0 Å². The van der Waals surface area contributed by atoms with Crippen molar-refractivity contribution < 1.29 is 0 Å². The summed E-state index contributed by atoms with van der Waals surface area (Å²) in [4.78, 5) is 4.43. The topological polar surface area (TPSA) is 30.2 Å². The van der Waals surface area contributed by atoms with E-state index in [1.807, 2.05) is 6.07 Å². The molecule has 0 aromatic carbocycles. The number of aryl methyl sites for hydroxylation is 1. The van der Waals surface area contributed by atoms with Gasteiger partial charge in [-0.2, -0.15) is 5.10 Å². The van der Waals surface area contributed by atoms with Crippen LogP contribution in [0.5, 0.6) is 0 Å². The molecule has 3 nitrogen and oxygen atoms in total. The SMILES string of the molecule is CCc1cc2nc(Cl)c(C3CCCC3)c(Cl)n2n1. The lowest BCUT2D eigenvalue weighted by atomic mass is 10.0. The fourth-order valence-corrected chi connectivity index (χ4v) is 3.47. The van der Waals surface area contributed by atoms with Crippen LogP contribution in [-0.2, 0) is 6.42 Å². The highest BCUT2D eigenvalue weighted by Crippen LogP contribution is 2.40. The third-order valence-electron chi connectivity index (χ3n) is 3.71. The van der Waals surface area contributed by atoms with Crippen LogP contribution in [-0.4, -0.2) is 14.6 Å². The molecule has 2 aromatic heterocycles. The van der Waals surface area contributed by atoms with Gasteiger partial charge in [0.15, 0.2) is 5.65 Å². The van der Waals surface area contributed by atoms with Crippen LogP contribution in [0.3, 0.4) is 0 Å². The lowest BCUT2D eigenvalue weighted by molar-refractivity contribution is 0.707. The van der Waals surface area contributed by atoms with Crippen LogP contribution in [0, 0.1) is 0 Å². The second-order valence-corrected chi connectivity index (χ2v) is 5.56. The summed E-state index contributed by atoms with van der Waals surface area (Å²) in [6, 6.07) is 1.94. The van der Waals surface area contributed by atoms with Crippen molar-refractivity contribution in [2.24, 2.45) is 0 Å². The molecule has 0 amide bonds. The molecular formula is C13H15Cl2N3. The van der Waals surface area contributed by atoms with E-state index < -0.39 is 0 Å². The number of hydrogen-bond donors (Lipinski definition) is 0. The lowest BCUT2D eigenvalue weighted by Gasteiger charge is -2.13. The quantitative estimate of drug-likeness (QED) is 0.771. The molecule has 2 heterocycles. The van der Waals surface area contributed by atoms with Crippen molar-refractivity contribution in [3.05, 3.63) is 27.6 Å². The predicted molar refractivity (Wildman–Crippen MR) is 73.6 cm³/mol. The molecule has 1 aliphatic carbocycles. The molecule has 0 unspecified atom stereocenters. The summed E-state index contributed by atoms with van der Waals surface area (Å²) in [5.41, 5.74) is 2.71. The van der Waals surface area contributed by atoms with Crippen LogP contribution in [0.1, 0.15) is 49.8 Å². The van der Waals surface area contributed by atoms with Gasteiger partial charge in [-0.3, -0.25) is 0 Å². The first-order valence-corrected chi connectivity index (χ1v) is 7.20. The van der Waals surface area contributed by atoms with E-state index in [2.05, 4.69) is 17.0 Å².